The smallest absolute Gasteiger partial charge is 0.341 e. The number of carbonyl (C=O) groups is 1. The van der Waals surface area contributed by atoms with Crippen LogP contribution in [0, 0.1) is 3.95 Å². The average molecular weight is 279 g/mol. The molecular weight excluding hydrogens is 270 g/mol. The standard InChI is InChI=1S/C12H9NO3S2/c14-10(15)5-16-7-1-2-8-6(3-7)4-9-11(8)13-12(17)18-9/h1-3H,4-5H2,(H,13,17)(H,14,15). The van der Waals surface area contributed by atoms with Gasteiger partial charge in [-0.1, -0.05) is 0 Å². The first-order chi connectivity index (χ1) is 8.63. The molecule has 0 atom stereocenters. The highest BCUT2D eigenvalue weighted by Gasteiger charge is 2.21. The van der Waals surface area contributed by atoms with Crippen molar-refractivity contribution in [3.8, 4) is 17.0 Å². The van der Waals surface area contributed by atoms with Gasteiger partial charge in [-0.25, -0.2) is 4.79 Å². The fourth-order valence-corrected chi connectivity index (χ4v) is 3.34. The van der Waals surface area contributed by atoms with E-state index in [0.717, 1.165) is 27.2 Å². The van der Waals surface area contributed by atoms with Gasteiger partial charge in [0.05, 0.1) is 5.69 Å². The van der Waals surface area contributed by atoms with Gasteiger partial charge in [0.15, 0.2) is 10.6 Å². The van der Waals surface area contributed by atoms with Crippen LogP contribution in [-0.4, -0.2) is 22.7 Å². The molecule has 2 N–H and O–H groups in total. The number of carboxylic acids is 1. The molecule has 0 aliphatic heterocycles. The summed E-state index contributed by atoms with van der Waals surface area (Å²) in [5, 5.41) is 8.57. The van der Waals surface area contributed by atoms with Crippen LogP contribution in [0.1, 0.15) is 10.4 Å². The third-order valence-electron chi connectivity index (χ3n) is 2.78. The monoisotopic (exact) mass is 279 g/mol. The summed E-state index contributed by atoms with van der Waals surface area (Å²) in [5.74, 6) is -0.386. The Morgan fingerprint density at radius 1 is 1.56 bits per heavy atom. The van der Waals surface area contributed by atoms with Gasteiger partial charge in [0.2, 0.25) is 0 Å². The highest BCUT2D eigenvalue weighted by Crippen LogP contribution is 2.39. The second kappa shape index (κ2) is 4.22. The van der Waals surface area contributed by atoms with Gasteiger partial charge in [0.25, 0.3) is 0 Å². The number of aromatic nitrogens is 1. The first-order valence-electron chi connectivity index (χ1n) is 5.33. The lowest BCUT2D eigenvalue weighted by Gasteiger charge is -2.05. The summed E-state index contributed by atoms with van der Waals surface area (Å²) in [5.41, 5.74) is 3.36. The molecule has 0 unspecified atom stereocenters. The molecule has 0 saturated heterocycles. The predicted molar refractivity (Wildman–Crippen MR) is 70.9 cm³/mol. The number of hydrogen-bond donors (Lipinski definition) is 2. The van der Waals surface area contributed by atoms with Crippen LogP contribution in [-0.2, 0) is 11.2 Å². The Morgan fingerprint density at radius 2 is 2.39 bits per heavy atom. The Hall–Kier alpha value is -1.66. The Balaban J connectivity index is 1.92. The van der Waals surface area contributed by atoms with Crippen molar-refractivity contribution < 1.29 is 14.6 Å². The minimum Gasteiger partial charge on any atom is -0.482 e. The van der Waals surface area contributed by atoms with E-state index >= 15 is 0 Å². The number of ether oxygens (including phenoxy) is 1. The summed E-state index contributed by atoms with van der Waals surface area (Å²) in [7, 11) is 0. The SMILES string of the molecule is O=C(O)COc1ccc2c(c1)Cc1sc(=S)[nH]c1-2. The molecule has 1 aromatic carbocycles. The van der Waals surface area contributed by atoms with Crippen molar-refractivity contribution in [2.24, 2.45) is 0 Å². The molecule has 18 heavy (non-hydrogen) atoms. The summed E-state index contributed by atoms with van der Waals surface area (Å²) >= 11 is 6.70. The van der Waals surface area contributed by atoms with E-state index in [9.17, 15) is 4.79 Å². The van der Waals surface area contributed by atoms with Crippen LogP contribution in [0.15, 0.2) is 18.2 Å². The van der Waals surface area contributed by atoms with Gasteiger partial charge in [-0.15, -0.1) is 11.3 Å². The van der Waals surface area contributed by atoms with Gasteiger partial charge in [-0.3, -0.25) is 0 Å². The van der Waals surface area contributed by atoms with Crippen LogP contribution in [0.3, 0.4) is 0 Å². The number of benzene rings is 1. The van der Waals surface area contributed by atoms with E-state index in [0.29, 0.717) is 5.75 Å². The van der Waals surface area contributed by atoms with E-state index in [2.05, 4.69) is 4.98 Å². The zero-order valence-electron chi connectivity index (χ0n) is 9.23. The molecule has 92 valence electrons. The minimum atomic E-state index is -0.973. The van der Waals surface area contributed by atoms with Crippen LogP contribution in [0.2, 0.25) is 0 Å². The molecule has 2 aromatic rings. The summed E-state index contributed by atoms with van der Waals surface area (Å²) in [6, 6.07) is 5.61. The van der Waals surface area contributed by atoms with E-state index in [1.54, 1.807) is 17.4 Å². The minimum absolute atomic E-state index is 0.316. The summed E-state index contributed by atoms with van der Waals surface area (Å²) < 4.78 is 5.95. The second-order valence-corrected chi connectivity index (χ2v) is 5.76. The summed E-state index contributed by atoms with van der Waals surface area (Å²) in [6.07, 6.45) is 0.826. The van der Waals surface area contributed by atoms with Crippen molar-refractivity contribution in [3.05, 3.63) is 32.6 Å². The van der Waals surface area contributed by atoms with Gasteiger partial charge in [-0.2, -0.15) is 0 Å². The van der Waals surface area contributed by atoms with Crippen LogP contribution in [0.25, 0.3) is 11.3 Å². The van der Waals surface area contributed by atoms with Crippen LogP contribution in [0.5, 0.6) is 5.75 Å². The molecule has 4 nitrogen and oxygen atoms in total. The molecule has 1 aliphatic rings. The van der Waals surface area contributed by atoms with Crippen molar-refractivity contribution in [1.82, 2.24) is 4.98 Å². The Bertz CT molecular complexity index is 687. The lowest BCUT2D eigenvalue weighted by Crippen LogP contribution is -2.09. The number of rotatable bonds is 3. The lowest BCUT2D eigenvalue weighted by atomic mass is 10.1. The normalized spacial score (nSPS) is 12.0. The van der Waals surface area contributed by atoms with Crippen LogP contribution >= 0.6 is 23.6 Å². The van der Waals surface area contributed by atoms with Crippen molar-refractivity contribution >= 4 is 29.5 Å². The van der Waals surface area contributed by atoms with Crippen molar-refractivity contribution in [2.45, 2.75) is 6.42 Å². The number of carboxylic acid groups (broad SMARTS) is 1. The Labute approximate surface area is 112 Å². The van der Waals surface area contributed by atoms with E-state index in [1.165, 1.54) is 4.88 Å². The maximum atomic E-state index is 10.4. The topological polar surface area (TPSA) is 62.3 Å². The predicted octanol–water partition coefficient (Wildman–Crippen LogP) is 2.84. The third-order valence-corrected chi connectivity index (χ3v) is 4.02. The van der Waals surface area contributed by atoms with Gasteiger partial charge >= 0.3 is 5.97 Å². The van der Waals surface area contributed by atoms with E-state index in [-0.39, 0.29) is 6.61 Å². The highest BCUT2D eigenvalue weighted by atomic mass is 32.1. The molecule has 0 bridgehead atoms. The molecule has 3 rings (SSSR count). The van der Waals surface area contributed by atoms with Crippen molar-refractivity contribution in [2.75, 3.05) is 6.61 Å². The quantitative estimate of drug-likeness (QED) is 0.724. The number of nitrogens with one attached hydrogen (secondary N) is 1. The van der Waals surface area contributed by atoms with E-state index < -0.39 is 5.97 Å². The highest BCUT2D eigenvalue weighted by molar-refractivity contribution is 7.73. The van der Waals surface area contributed by atoms with E-state index in [1.807, 2.05) is 12.1 Å². The zero-order valence-corrected chi connectivity index (χ0v) is 10.9. The average Bonchev–Trinajstić information content (AvgIpc) is 2.81. The van der Waals surface area contributed by atoms with Crippen molar-refractivity contribution in [3.63, 3.8) is 0 Å². The van der Waals surface area contributed by atoms with Crippen molar-refractivity contribution in [1.29, 1.82) is 0 Å². The van der Waals surface area contributed by atoms with E-state index in [4.69, 9.17) is 22.1 Å². The number of fused-ring (bicyclic) bond motifs is 3. The molecule has 0 radical (unpaired) electrons. The molecule has 1 heterocycles. The van der Waals surface area contributed by atoms with Gasteiger partial charge < -0.3 is 14.8 Å². The molecule has 0 amide bonds. The number of H-pyrrole nitrogens is 1. The summed E-state index contributed by atoms with van der Waals surface area (Å²) in [4.78, 5) is 14.8. The molecular formula is C12H9NO3S2. The lowest BCUT2D eigenvalue weighted by molar-refractivity contribution is -0.139. The van der Waals surface area contributed by atoms with Gasteiger partial charge in [0.1, 0.15) is 5.75 Å². The molecule has 0 spiro atoms. The maximum Gasteiger partial charge on any atom is 0.341 e. The number of thiazole rings is 1. The number of aliphatic carboxylic acids is 1. The Kier molecular flexibility index (Phi) is 2.68. The zero-order chi connectivity index (χ0) is 12.7. The molecule has 6 heteroatoms. The third kappa shape index (κ3) is 1.93. The number of hydrogen-bond acceptors (Lipinski definition) is 4. The fraction of sp³-hybridized carbons (Fsp3) is 0.167. The second-order valence-electron chi connectivity index (χ2n) is 3.99. The first-order valence-corrected chi connectivity index (χ1v) is 6.56. The number of aromatic amines is 1. The molecule has 0 fully saturated rings. The van der Waals surface area contributed by atoms with Crippen LogP contribution < -0.4 is 4.74 Å². The van der Waals surface area contributed by atoms with Crippen LogP contribution in [0.4, 0.5) is 0 Å². The largest absolute Gasteiger partial charge is 0.482 e. The molecule has 1 aromatic heterocycles. The van der Waals surface area contributed by atoms with Gasteiger partial charge in [-0.05, 0) is 36.0 Å². The maximum absolute atomic E-state index is 10.4. The van der Waals surface area contributed by atoms with Gasteiger partial charge in [0, 0.05) is 16.9 Å². The molecule has 0 saturated carbocycles. The fourth-order valence-electron chi connectivity index (χ4n) is 2.07. The summed E-state index contributed by atoms with van der Waals surface area (Å²) in [6.45, 7) is -0.316. The Morgan fingerprint density at radius 3 is 3.17 bits per heavy atom. The molecule has 1 aliphatic carbocycles. The first kappa shape index (κ1) is 11.4.